The Bertz CT molecular complexity index is 1510. The highest BCUT2D eigenvalue weighted by atomic mass is 32.1. The number of carbonyl (C=O) groups excluding carboxylic acids is 2. The number of amides is 2. The third kappa shape index (κ3) is 6.01. The molecule has 0 radical (unpaired) electrons. The van der Waals surface area contributed by atoms with Crippen LogP contribution in [0.1, 0.15) is 44.1 Å². The predicted octanol–water partition coefficient (Wildman–Crippen LogP) is 6.44. The first-order valence-corrected chi connectivity index (χ1v) is 14.2. The first-order valence-electron chi connectivity index (χ1n) is 12.4. The molecule has 0 spiro atoms. The van der Waals surface area contributed by atoms with E-state index in [1.165, 1.54) is 22.8 Å². The molecule has 4 aromatic rings. The minimum atomic E-state index is -0.745. The van der Waals surface area contributed by atoms with E-state index < -0.39 is 29.2 Å². The van der Waals surface area contributed by atoms with Crippen molar-refractivity contribution in [3.63, 3.8) is 0 Å². The molecular formula is C27H27F2N5O3S2. The Hall–Kier alpha value is -3.64. The minimum absolute atomic E-state index is 0.0398. The zero-order valence-electron chi connectivity index (χ0n) is 21.6. The smallest absolute Gasteiger partial charge is 0.407 e. The van der Waals surface area contributed by atoms with Crippen molar-refractivity contribution in [3.8, 4) is 10.6 Å². The topological polar surface area (TPSA) is 96.5 Å². The lowest BCUT2D eigenvalue weighted by atomic mass is 10.0. The molecule has 1 aromatic carbocycles. The number of hydrogen-bond acceptors (Lipinski definition) is 8. The summed E-state index contributed by atoms with van der Waals surface area (Å²) in [6.07, 6.45) is 2.75. The van der Waals surface area contributed by atoms with Gasteiger partial charge in [-0.15, -0.1) is 22.7 Å². The van der Waals surface area contributed by atoms with E-state index in [1.807, 2.05) is 32.2 Å². The molecule has 39 heavy (non-hydrogen) atoms. The molecule has 3 aromatic heterocycles. The number of hydrogen-bond donors (Lipinski definition) is 2. The summed E-state index contributed by atoms with van der Waals surface area (Å²) in [5, 5.41) is 9.33. The number of halogens is 2. The Morgan fingerprint density at radius 2 is 1.92 bits per heavy atom. The van der Waals surface area contributed by atoms with Gasteiger partial charge in [0.15, 0.2) is 0 Å². The summed E-state index contributed by atoms with van der Waals surface area (Å²) in [7, 11) is 0. The lowest BCUT2D eigenvalue weighted by Gasteiger charge is -2.36. The Morgan fingerprint density at radius 3 is 2.67 bits per heavy atom. The van der Waals surface area contributed by atoms with Crippen LogP contribution in [0.2, 0.25) is 0 Å². The van der Waals surface area contributed by atoms with Crippen molar-refractivity contribution in [2.24, 2.45) is 0 Å². The van der Waals surface area contributed by atoms with E-state index in [1.54, 1.807) is 6.20 Å². The molecule has 1 unspecified atom stereocenters. The number of thiophene rings is 1. The average molecular weight is 572 g/mol. The Kier molecular flexibility index (Phi) is 7.50. The fraction of sp³-hybridized carbons (Fsp3) is 0.333. The molecule has 1 atom stereocenters. The highest BCUT2D eigenvalue weighted by Crippen LogP contribution is 2.38. The highest BCUT2D eigenvalue weighted by Gasteiger charge is 2.28. The van der Waals surface area contributed by atoms with Gasteiger partial charge in [0, 0.05) is 24.5 Å². The lowest BCUT2D eigenvalue weighted by Crippen LogP contribution is -2.49. The van der Waals surface area contributed by atoms with Crippen LogP contribution in [0.3, 0.4) is 0 Å². The number of nitrogens with zero attached hydrogens (tertiary/aromatic N) is 3. The van der Waals surface area contributed by atoms with Crippen LogP contribution in [0.25, 0.3) is 20.8 Å². The number of fused-ring (bicyclic) bond motifs is 1. The molecule has 4 heterocycles. The lowest BCUT2D eigenvalue weighted by molar-refractivity contribution is 0.0500. The zero-order chi connectivity index (χ0) is 27.7. The van der Waals surface area contributed by atoms with Crippen molar-refractivity contribution in [2.45, 2.75) is 45.3 Å². The summed E-state index contributed by atoms with van der Waals surface area (Å²) in [5.74, 6) is -2.01. The first-order chi connectivity index (χ1) is 18.6. The third-order valence-corrected chi connectivity index (χ3v) is 7.84. The SMILES string of the molecule is CC(C)(C)OC(=O)NC1CCCN(c2c(NC(=O)c3csc(-c4c(F)cccc4F)n3)cnc3ccsc23)C1. The van der Waals surface area contributed by atoms with Crippen molar-refractivity contribution >= 4 is 56.3 Å². The summed E-state index contributed by atoms with van der Waals surface area (Å²) in [6.45, 7) is 6.69. The van der Waals surface area contributed by atoms with E-state index >= 15 is 0 Å². The van der Waals surface area contributed by atoms with E-state index in [-0.39, 0.29) is 22.3 Å². The number of thiazole rings is 1. The molecule has 2 N–H and O–H groups in total. The van der Waals surface area contributed by atoms with Gasteiger partial charge in [0.25, 0.3) is 5.91 Å². The Labute approximate surface area is 232 Å². The largest absolute Gasteiger partial charge is 0.444 e. The Balaban J connectivity index is 1.39. The number of benzene rings is 1. The van der Waals surface area contributed by atoms with Crippen LogP contribution >= 0.6 is 22.7 Å². The quantitative estimate of drug-likeness (QED) is 0.286. The van der Waals surface area contributed by atoms with Crippen molar-refractivity contribution in [2.75, 3.05) is 23.3 Å². The summed E-state index contributed by atoms with van der Waals surface area (Å²) in [5.41, 5.74) is 1.26. The van der Waals surface area contributed by atoms with Crippen molar-refractivity contribution in [3.05, 3.63) is 58.6 Å². The van der Waals surface area contributed by atoms with Gasteiger partial charge < -0.3 is 20.3 Å². The summed E-state index contributed by atoms with van der Waals surface area (Å²) in [6, 6.07) is 5.34. The number of carbonyl (C=O) groups is 2. The van der Waals surface area contributed by atoms with Gasteiger partial charge in [0.1, 0.15) is 27.9 Å². The maximum absolute atomic E-state index is 14.2. The van der Waals surface area contributed by atoms with Gasteiger partial charge in [0.2, 0.25) is 0 Å². The summed E-state index contributed by atoms with van der Waals surface area (Å²) in [4.78, 5) is 36.4. The highest BCUT2D eigenvalue weighted by molar-refractivity contribution is 7.17. The second-order valence-corrected chi connectivity index (χ2v) is 11.9. The van der Waals surface area contributed by atoms with Gasteiger partial charge in [0.05, 0.1) is 33.4 Å². The van der Waals surface area contributed by atoms with Crippen LogP contribution in [0.4, 0.5) is 25.0 Å². The standard InChI is InChI=1S/C27H27F2N5O3S2/c1-27(2,3)37-26(36)31-15-6-5-10-34(13-15)22-19(12-30-18-9-11-38-23(18)22)32-24(35)20-14-39-25(33-20)21-16(28)7-4-8-17(21)29/h4,7-9,11-12,14-15H,5-6,10,13H2,1-3H3,(H,31,36)(H,32,35). The van der Waals surface area contributed by atoms with E-state index in [0.717, 1.165) is 58.8 Å². The Morgan fingerprint density at radius 1 is 1.15 bits per heavy atom. The molecular weight excluding hydrogens is 544 g/mol. The van der Waals surface area contributed by atoms with E-state index in [9.17, 15) is 18.4 Å². The molecule has 1 aliphatic rings. The molecule has 1 aliphatic heterocycles. The second kappa shape index (κ2) is 10.9. The van der Waals surface area contributed by atoms with Crippen LogP contribution in [0.5, 0.6) is 0 Å². The van der Waals surface area contributed by atoms with Crippen LogP contribution in [0.15, 0.2) is 41.2 Å². The molecule has 0 aliphatic carbocycles. The molecule has 8 nitrogen and oxygen atoms in total. The molecule has 2 amide bonds. The molecule has 0 saturated carbocycles. The van der Waals surface area contributed by atoms with Gasteiger partial charge in [-0.2, -0.15) is 0 Å². The van der Waals surface area contributed by atoms with Crippen LogP contribution < -0.4 is 15.5 Å². The number of piperidine rings is 1. The minimum Gasteiger partial charge on any atom is -0.444 e. The number of alkyl carbamates (subject to hydrolysis) is 1. The monoisotopic (exact) mass is 571 g/mol. The summed E-state index contributed by atoms with van der Waals surface area (Å²) < 4.78 is 34.8. The molecule has 204 valence electrons. The number of ether oxygens (including phenoxy) is 1. The van der Waals surface area contributed by atoms with E-state index in [4.69, 9.17) is 4.74 Å². The van der Waals surface area contributed by atoms with Crippen molar-refractivity contribution in [1.29, 1.82) is 0 Å². The predicted molar refractivity (Wildman–Crippen MR) is 150 cm³/mol. The maximum Gasteiger partial charge on any atom is 0.407 e. The number of rotatable bonds is 5. The fourth-order valence-electron chi connectivity index (χ4n) is 4.46. The van der Waals surface area contributed by atoms with Gasteiger partial charge in [-0.3, -0.25) is 9.78 Å². The molecule has 0 bridgehead atoms. The van der Waals surface area contributed by atoms with Crippen LogP contribution in [-0.4, -0.2) is 46.7 Å². The van der Waals surface area contributed by atoms with Gasteiger partial charge in [-0.1, -0.05) is 6.07 Å². The zero-order valence-corrected chi connectivity index (χ0v) is 23.2. The van der Waals surface area contributed by atoms with Crippen molar-refractivity contribution in [1.82, 2.24) is 15.3 Å². The van der Waals surface area contributed by atoms with Gasteiger partial charge in [-0.05, 0) is 57.2 Å². The second-order valence-electron chi connectivity index (χ2n) is 10.2. The molecule has 5 rings (SSSR count). The van der Waals surface area contributed by atoms with Crippen LogP contribution in [0, 0.1) is 11.6 Å². The molecule has 1 fully saturated rings. The normalized spacial score (nSPS) is 15.8. The van der Waals surface area contributed by atoms with E-state index in [0.29, 0.717) is 12.2 Å². The van der Waals surface area contributed by atoms with Gasteiger partial charge >= 0.3 is 6.09 Å². The van der Waals surface area contributed by atoms with Crippen LogP contribution in [-0.2, 0) is 4.74 Å². The fourth-order valence-corrected chi connectivity index (χ4v) is 6.23. The number of pyridine rings is 1. The summed E-state index contributed by atoms with van der Waals surface area (Å²) >= 11 is 2.50. The third-order valence-electron chi connectivity index (χ3n) is 6.07. The van der Waals surface area contributed by atoms with E-state index in [2.05, 4.69) is 25.5 Å². The molecule has 1 saturated heterocycles. The van der Waals surface area contributed by atoms with Crippen molar-refractivity contribution < 1.29 is 23.1 Å². The number of anilines is 2. The average Bonchev–Trinajstić information content (AvgIpc) is 3.53. The number of aromatic nitrogens is 2. The maximum atomic E-state index is 14.2. The molecule has 12 heteroatoms. The first kappa shape index (κ1) is 26.9. The van der Waals surface area contributed by atoms with Gasteiger partial charge in [-0.25, -0.2) is 18.6 Å². The number of nitrogens with one attached hydrogen (secondary N) is 2.